The van der Waals surface area contributed by atoms with Gasteiger partial charge in [-0.15, -0.1) is 0 Å². The molecular weight excluding hydrogens is 200 g/mol. The summed E-state index contributed by atoms with van der Waals surface area (Å²) in [6.45, 7) is 8.00. The Hall–Kier alpha value is -1.18. The van der Waals surface area contributed by atoms with E-state index in [2.05, 4.69) is 0 Å². The Labute approximate surface area is 98.4 Å². The first-order chi connectivity index (χ1) is 7.69. The summed E-state index contributed by atoms with van der Waals surface area (Å²) in [5.41, 5.74) is 3.77. The maximum atomic E-state index is 11.0. The van der Waals surface area contributed by atoms with Crippen molar-refractivity contribution in [2.45, 2.75) is 53.4 Å². The summed E-state index contributed by atoms with van der Waals surface area (Å²) in [5.74, 6) is 0. The number of aldehydes is 2. The fourth-order valence-corrected chi connectivity index (χ4v) is 2.00. The van der Waals surface area contributed by atoms with Gasteiger partial charge in [0.15, 0.2) is 0 Å². The van der Waals surface area contributed by atoms with E-state index in [1.54, 1.807) is 0 Å². The van der Waals surface area contributed by atoms with Crippen LogP contribution < -0.4 is 0 Å². The molecule has 0 aromatic heterocycles. The molecule has 0 fully saturated rings. The first-order valence-electron chi connectivity index (χ1n) is 6.04. The molecule has 0 saturated heterocycles. The lowest BCUT2D eigenvalue weighted by atomic mass is 9.90. The smallest absolute Gasteiger partial charge is 0.146 e. The topological polar surface area (TPSA) is 34.1 Å². The van der Waals surface area contributed by atoms with Crippen molar-refractivity contribution in [3.63, 3.8) is 0 Å². The van der Waals surface area contributed by atoms with Crippen LogP contribution in [-0.2, 0) is 9.59 Å². The van der Waals surface area contributed by atoms with Crippen LogP contribution in [0.5, 0.6) is 0 Å². The third-order valence-corrected chi connectivity index (χ3v) is 2.89. The number of carbonyl (C=O) groups excluding carboxylic acids is 2. The van der Waals surface area contributed by atoms with E-state index in [4.69, 9.17) is 0 Å². The van der Waals surface area contributed by atoms with E-state index in [0.717, 1.165) is 60.5 Å². The van der Waals surface area contributed by atoms with Gasteiger partial charge in [0.2, 0.25) is 0 Å². The minimum Gasteiger partial charge on any atom is -0.298 e. The van der Waals surface area contributed by atoms with Crippen molar-refractivity contribution in [2.75, 3.05) is 0 Å². The Morgan fingerprint density at radius 2 is 1.00 bits per heavy atom. The normalized spacial score (nSPS) is 14.0. The first kappa shape index (κ1) is 14.8. The third-order valence-electron chi connectivity index (χ3n) is 2.89. The minimum atomic E-state index is 0.728. The van der Waals surface area contributed by atoms with Gasteiger partial charge in [-0.2, -0.15) is 0 Å². The van der Waals surface area contributed by atoms with Crippen molar-refractivity contribution in [1.82, 2.24) is 0 Å². The van der Waals surface area contributed by atoms with E-state index >= 15 is 0 Å². The zero-order valence-electron chi connectivity index (χ0n) is 10.8. The van der Waals surface area contributed by atoms with E-state index in [0.29, 0.717) is 0 Å². The maximum absolute atomic E-state index is 11.0. The highest BCUT2D eigenvalue weighted by atomic mass is 16.1. The minimum absolute atomic E-state index is 0.728. The Morgan fingerprint density at radius 1 is 0.688 bits per heavy atom. The molecule has 0 amide bonds. The van der Waals surface area contributed by atoms with Gasteiger partial charge in [-0.25, -0.2) is 0 Å². The number of allylic oxidation sites excluding steroid dienone is 4. The summed E-state index contributed by atoms with van der Waals surface area (Å²) < 4.78 is 0. The summed E-state index contributed by atoms with van der Waals surface area (Å²) in [7, 11) is 0. The molecule has 0 saturated carbocycles. The number of carbonyl (C=O) groups is 2. The summed E-state index contributed by atoms with van der Waals surface area (Å²) >= 11 is 0. The lowest BCUT2D eigenvalue weighted by molar-refractivity contribution is -0.105. The summed E-state index contributed by atoms with van der Waals surface area (Å²) in [5, 5.41) is 0. The van der Waals surface area contributed by atoms with E-state index in [1.165, 1.54) is 0 Å². The second-order valence-electron chi connectivity index (χ2n) is 3.66. The molecule has 0 heterocycles. The summed E-state index contributed by atoms with van der Waals surface area (Å²) in [6, 6.07) is 0. The molecule has 0 aliphatic carbocycles. The van der Waals surface area contributed by atoms with E-state index in [-0.39, 0.29) is 0 Å². The first-order valence-corrected chi connectivity index (χ1v) is 6.04. The van der Waals surface area contributed by atoms with Gasteiger partial charge in [-0.3, -0.25) is 9.59 Å². The zero-order chi connectivity index (χ0) is 12.6. The number of hydrogen-bond donors (Lipinski definition) is 0. The third kappa shape index (κ3) is 3.44. The highest BCUT2D eigenvalue weighted by Gasteiger charge is 2.11. The van der Waals surface area contributed by atoms with Gasteiger partial charge in [-0.1, -0.05) is 27.7 Å². The fourth-order valence-electron chi connectivity index (χ4n) is 2.00. The van der Waals surface area contributed by atoms with Crippen LogP contribution in [0.4, 0.5) is 0 Å². The molecule has 2 nitrogen and oxygen atoms in total. The molecule has 0 aliphatic heterocycles. The average Bonchev–Trinajstić information content (AvgIpc) is 2.33. The van der Waals surface area contributed by atoms with Crippen molar-refractivity contribution in [1.29, 1.82) is 0 Å². The Balaban J connectivity index is 5.68. The number of hydrogen-bond acceptors (Lipinski definition) is 2. The Bertz CT molecular complexity index is 277. The van der Waals surface area contributed by atoms with Gasteiger partial charge >= 0.3 is 0 Å². The summed E-state index contributed by atoms with van der Waals surface area (Å²) in [6.07, 6.45) is 4.92. The molecule has 0 aliphatic rings. The van der Waals surface area contributed by atoms with Crippen molar-refractivity contribution in [3.8, 4) is 0 Å². The Morgan fingerprint density at radius 3 is 1.12 bits per heavy atom. The van der Waals surface area contributed by atoms with E-state index in [1.807, 2.05) is 27.7 Å². The van der Waals surface area contributed by atoms with Crippen LogP contribution in [0.2, 0.25) is 0 Å². The molecule has 0 aromatic carbocycles. The second kappa shape index (κ2) is 8.03. The van der Waals surface area contributed by atoms with Crippen molar-refractivity contribution in [2.24, 2.45) is 0 Å². The molecule has 0 aromatic rings. The molecule has 0 unspecified atom stereocenters. The van der Waals surface area contributed by atoms with Gasteiger partial charge in [0.1, 0.15) is 12.6 Å². The molecule has 90 valence electrons. The monoisotopic (exact) mass is 222 g/mol. The molecule has 0 spiro atoms. The van der Waals surface area contributed by atoms with Crippen LogP contribution in [0.3, 0.4) is 0 Å². The molecule has 0 N–H and O–H groups in total. The van der Waals surface area contributed by atoms with Gasteiger partial charge < -0.3 is 0 Å². The molecule has 0 rings (SSSR count). The fraction of sp³-hybridized carbons (Fsp3) is 0.571. The maximum Gasteiger partial charge on any atom is 0.146 e. The molecule has 0 bridgehead atoms. The van der Waals surface area contributed by atoms with Crippen molar-refractivity contribution >= 4 is 12.6 Å². The quantitative estimate of drug-likeness (QED) is 0.374. The molecule has 0 atom stereocenters. The highest BCUT2D eigenvalue weighted by molar-refractivity contribution is 5.80. The van der Waals surface area contributed by atoms with Gasteiger partial charge in [-0.05, 0) is 48.0 Å². The zero-order valence-corrected chi connectivity index (χ0v) is 10.8. The van der Waals surface area contributed by atoms with Gasteiger partial charge in [0.25, 0.3) is 0 Å². The molecule has 2 heteroatoms. The van der Waals surface area contributed by atoms with Gasteiger partial charge in [0, 0.05) is 0 Å². The van der Waals surface area contributed by atoms with Crippen LogP contribution in [0.1, 0.15) is 53.4 Å². The number of rotatable bonds is 7. The SMILES string of the molecule is CCC(C=O)=C(CC)C(CC)=C(C=O)CC. The molecular formula is C14H22O2. The highest BCUT2D eigenvalue weighted by Crippen LogP contribution is 2.26. The second-order valence-corrected chi connectivity index (χ2v) is 3.66. The summed E-state index contributed by atoms with van der Waals surface area (Å²) in [4.78, 5) is 22.0. The van der Waals surface area contributed by atoms with Gasteiger partial charge in [0.05, 0.1) is 0 Å². The predicted octanol–water partition coefficient (Wildman–Crippen LogP) is 3.62. The van der Waals surface area contributed by atoms with Crippen LogP contribution in [0.15, 0.2) is 22.3 Å². The largest absolute Gasteiger partial charge is 0.298 e. The van der Waals surface area contributed by atoms with Crippen molar-refractivity contribution < 1.29 is 9.59 Å². The van der Waals surface area contributed by atoms with E-state index < -0.39 is 0 Å². The Kier molecular flexibility index (Phi) is 7.44. The molecule has 16 heavy (non-hydrogen) atoms. The lowest BCUT2D eigenvalue weighted by Gasteiger charge is -2.14. The predicted molar refractivity (Wildman–Crippen MR) is 67.3 cm³/mol. The van der Waals surface area contributed by atoms with Crippen LogP contribution in [-0.4, -0.2) is 12.6 Å². The van der Waals surface area contributed by atoms with Crippen LogP contribution in [0.25, 0.3) is 0 Å². The van der Waals surface area contributed by atoms with Crippen LogP contribution >= 0.6 is 0 Å². The van der Waals surface area contributed by atoms with Crippen LogP contribution in [0, 0.1) is 0 Å². The van der Waals surface area contributed by atoms with Crippen molar-refractivity contribution in [3.05, 3.63) is 22.3 Å². The van der Waals surface area contributed by atoms with E-state index in [9.17, 15) is 9.59 Å². The lowest BCUT2D eigenvalue weighted by Crippen LogP contribution is -2.00. The molecule has 0 radical (unpaired) electrons. The standard InChI is InChI=1S/C14H22O2/c1-5-11(9-15)13(7-3)14(8-4)12(6-2)10-16/h9-10H,5-8H2,1-4H3. The average molecular weight is 222 g/mol.